The Balaban J connectivity index is 0.000000231. The molecule has 66 heavy (non-hydrogen) atoms. The summed E-state index contributed by atoms with van der Waals surface area (Å²) < 4.78 is 0. The Morgan fingerprint density at radius 2 is 0.742 bits per heavy atom. The van der Waals surface area contributed by atoms with Crippen molar-refractivity contribution in [2.24, 2.45) is 23.7 Å². The van der Waals surface area contributed by atoms with Crippen LogP contribution in [0.2, 0.25) is 0 Å². The van der Waals surface area contributed by atoms with Crippen molar-refractivity contribution < 1.29 is 77.2 Å². The van der Waals surface area contributed by atoms with Gasteiger partial charge in [0.2, 0.25) is 0 Å². The van der Waals surface area contributed by atoms with Gasteiger partial charge in [-0.1, -0.05) is 154 Å². The quantitative estimate of drug-likeness (QED) is 0.0946. The van der Waals surface area contributed by atoms with Gasteiger partial charge in [-0.3, -0.25) is 0 Å². The number of fused-ring (bicyclic) bond motifs is 8. The summed E-state index contributed by atoms with van der Waals surface area (Å²) in [7, 11) is 0.0370. The molecule has 8 aromatic carbocycles. The van der Waals surface area contributed by atoms with E-state index in [1.807, 2.05) is 12.1 Å². The van der Waals surface area contributed by atoms with E-state index in [9.17, 15) is 0 Å². The van der Waals surface area contributed by atoms with Crippen LogP contribution in [0, 0.1) is 35.8 Å². The third kappa shape index (κ3) is 15.9. The molecule has 0 nitrogen and oxygen atoms in total. The average Bonchev–Trinajstić information content (AvgIpc) is 4.06. The Kier molecular flexibility index (Phi) is 25.0. The molecule has 0 unspecified atom stereocenters. The van der Waals surface area contributed by atoms with Crippen molar-refractivity contribution in [1.82, 2.24) is 0 Å². The largest absolute Gasteiger partial charge is 2.00 e. The zero-order valence-electron chi connectivity index (χ0n) is 40.2. The first-order valence-corrected chi connectivity index (χ1v) is 26.4. The van der Waals surface area contributed by atoms with Crippen LogP contribution in [0.3, 0.4) is 0 Å². The van der Waals surface area contributed by atoms with Gasteiger partial charge in [0.25, 0.3) is 0 Å². The SMILES string of the molecule is CC(C)CP(CC(C)C)c1cc2ccccc2[cH-]1.CC(C)CP(CC(C)C)c1cc2ccccc2[cH-]1.[Cl-].[Cl-].[Zr+2].[Zr+2].[c-]1cccc2c1Cc1ccccc1-2.[c-]1cccc2c1Cc1ccccc1-2. The summed E-state index contributed by atoms with van der Waals surface area (Å²) in [6, 6.07) is 63.4. The molecule has 0 spiro atoms. The molecule has 6 heteroatoms. The molecule has 340 valence electrons. The minimum Gasteiger partial charge on any atom is -1.00 e. The van der Waals surface area contributed by atoms with Crippen LogP contribution in [0.4, 0.5) is 0 Å². The van der Waals surface area contributed by atoms with E-state index in [-0.39, 0.29) is 93.1 Å². The van der Waals surface area contributed by atoms with E-state index in [2.05, 4.69) is 213 Å². The van der Waals surface area contributed by atoms with Crippen molar-refractivity contribution in [1.29, 1.82) is 0 Å². The summed E-state index contributed by atoms with van der Waals surface area (Å²) in [6.07, 6.45) is 7.56. The molecule has 0 radical (unpaired) electrons. The first-order valence-electron chi connectivity index (χ1n) is 23.0. The normalized spacial score (nSPS) is 11.5. The van der Waals surface area contributed by atoms with Crippen LogP contribution in [0.15, 0.2) is 158 Å². The zero-order chi connectivity index (χ0) is 43.6. The van der Waals surface area contributed by atoms with Gasteiger partial charge in [0, 0.05) is 0 Å². The first-order chi connectivity index (χ1) is 30.0. The molecule has 0 heterocycles. The van der Waals surface area contributed by atoms with E-state index in [0.29, 0.717) is 0 Å². The average molecular weight is 1100 g/mol. The van der Waals surface area contributed by atoms with Gasteiger partial charge in [-0.2, -0.15) is 71.8 Å². The van der Waals surface area contributed by atoms with Crippen molar-refractivity contribution in [3.63, 3.8) is 0 Å². The summed E-state index contributed by atoms with van der Waals surface area (Å²) in [4.78, 5) is 0. The Bertz CT molecular complexity index is 2300. The molecule has 0 aromatic heterocycles. The summed E-state index contributed by atoms with van der Waals surface area (Å²) >= 11 is 0. The molecule has 0 N–H and O–H groups in total. The summed E-state index contributed by atoms with van der Waals surface area (Å²) in [5.74, 6) is 3.20. The molecule has 0 fully saturated rings. The number of benzene rings is 6. The molecule has 2 aliphatic carbocycles. The standard InChI is InChI=1S/2C17H24P.2C13H9.2ClH.2Zr/c2*1-13(2)11-18(12-14(3)4)17-9-15-7-5-6-8-16(15)10-17;2*1-3-7-12-10(5-1)9-11-6-2-4-8-13(11)12;;;;/h2*5-10,13-14H,11-12H2,1-4H3;2*1-5,7-8H,9H2;2*1H;;/q4*-1;;;2*+2/p-2. The van der Waals surface area contributed by atoms with Gasteiger partial charge in [0.1, 0.15) is 0 Å². The summed E-state index contributed by atoms with van der Waals surface area (Å²) in [5.41, 5.74) is 11.0. The number of halogens is 2. The number of hydrogen-bond acceptors (Lipinski definition) is 0. The van der Waals surface area contributed by atoms with Gasteiger partial charge in [-0.05, 0) is 61.2 Å². The smallest absolute Gasteiger partial charge is 1.00 e. The molecule has 0 atom stereocenters. The Hall–Kier alpha value is -2.25. The monoisotopic (exact) mass is 1100 g/mol. The van der Waals surface area contributed by atoms with Gasteiger partial charge in [-0.25, -0.2) is 0 Å². The number of rotatable bonds is 10. The fourth-order valence-corrected chi connectivity index (χ4v) is 14.9. The van der Waals surface area contributed by atoms with E-state index in [0.717, 1.165) is 36.5 Å². The van der Waals surface area contributed by atoms with Gasteiger partial charge in [-0.15, -0.1) is 91.8 Å². The van der Waals surface area contributed by atoms with Crippen LogP contribution >= 0.6 is 15.8 Å². The van der Waals surface area contributed by atoms with E-state index in [1.54, 1.807) is 10.6 Å². The molecule has 0 amide bonds. The first kappa shape index (κ1) is 58.1. The zero-order valence-corrected chi connectivity index (χ0v) is 48.4. The Morgan fingerprint density at radius 1 is 0.424 bits per heavy atom. The van der Waals surface area contributed by atoms with Crippen LogP contribution in [0.25, 0.3) is 43.8 Å². The van der Waals surface area contributed by atoms with E-state index >= 15 is 0 Å². The third-order valence-corrected chi connectivity index (χ3v) is 18.2. The number of hydrogen-bond donors (Lipinski definition) is 0. The summed E-state index contributed by atoms with van der Waals surface area (Å²) in [5, 5.41) is 8.85. The van der Waals surface area contributed by atoms with Crippen molar-refractivity contribution in [3.8, 4) is 22.3 Å². The Labute approximate surface area is 451 Å². The van der Waals surface area contributed by atoms with Gasteiger partial charge in [0.15, 0.2) is 0 Å². The van der Waals surface area contributed by atoms with Gasteiger partial charge in [0.05, 0.1) is 0 Å². The Morgan fingerprint density at radius 3 is 1.09 bits per heavy atom. The van der Waals surface area contributed by atoms with Crippen LogP contribution < -0.4 is 35.4 Å². The molecule has 10 rings (SSSR count). The molecule has 2 aliphatic rings. The van der Waals surface area contributed by atoms with Crippen LogP contribution in [0.1, 0.15) is 77.6 Å². The van der Waals surface area contributed by atoms with Crippen LogP contribution in [-0.2, 0) is 65.2 Å². The maximum absolute atomic E-state index is 3.30. The second kappa shape index (κ2) is 28.4. The molecule has 8 aromatic rings. The van der Waals surface area contributed by atoms with E-state index in [1.165, 1.54) is 90.7 Å². The third-order valence-electron chi connectivity index (χ3n) is 11.5. The topological polar surface area (TPSA) is 0 Å². The fraction of sp³-hybridized carbons (Fsp3) is 0.300. The van der Waals surface area contributed by atoms with Gasteiger partial charge >= 0.3 is 52.4 Å². The molecular formula is C60H66Cl2P2Zr2-2. The van der Waals surface area contributed by atoms with Crippen LogP contribution in [0.5, 0.6) is 0 Å². The van der Waals surface area contributed by atoms with Crippen molar-refractivity contribution in [3.05, 3.63) is 192 Å². The maximum Gasteiger partial charge on any atom is 2.00 e. The molecule has 0 aliphatic heterocycles. The predicted molar refractivity (Wildman–Crippen MR) is 278 cm³/mol. The minimum atomic E-state index is 0. The van der Waals surface area contributed by atoms with Crippen molar-refractivity contribution in [2.45, 2.75) is 68.2 Å². The summed E-state index contributed by atoms with van der Waals surface area (Å²) in [6.45, 7) is 18.8. The van der Waals surface area contributed by atoms with Crippen molar-refractivity contribution >= 4 is 48.0 Å². The van der Waals surface area contributed by atoms with E-state index < -0.39 is 0 Å². The van der Waals surface area contributed by atoms with Crippen LogP contribution in [-0.4, -0.2) is 24.6 Å². The molecule has 0 bridgehead atoms. The van der Waals surface area contributed by atoms with E-state index in [4.69, 9.17) is 0 Å². The fourth-order valence-electron chi connectivity index (χ4n) is 8.96. The van der Waals surface area contributed by atoms with Crippen molar-refractivity contribution in [2.75, 3.05) is 24.6 Å². The molecule has 0 saturated carbocycles. The second-order valence-corrected chi connectivity index (χ2v) is 23.5. The predicted octanol–water partition coefficient (Wildman–Crippen LogP) is 10.1. The molecular weight excluding hydrogens is 1040 g/mol. The molecule has 0 saturated heterocycles. The maximum atomic E-state index is 3.30. The van der Waals surface area contributed by atoms with Gasteiger partial charge < -0.3 is 24.8 Å². The second-order valence-electron chi connectivity index (χ2n) is 18.9. The minimum absolute atomic E-state index is 0.